The summed E-state index contributed by atoms with van der Waals surface area (Å²) in [6, 6.07) is 5.15. The SMILES string of the molecule is COC1CCC(Nc2cccc(N)c2[N+](=O)[O-])C1. The highest BCUT2D eigenvalue weighted by Gasteiger charge is 2.27. The molecule has 0 spiro atoms. The zero-order valence-electron chi connectivity index (χ0n) is 10.3. The second kappa shape index (κ2) is 5.22. The van der Waals surface area contributed by atoms with Crippen molar-refractivity contribution in [2.24, 2.45) is 0 Å². The van der Waals surface area contributed by atoms with Crippen molar-refractivity contribution >= 4 is 17.1 Å². The smallest absolute Gasteiger partial charge is 0.314 e. The number of rotatable bonds is 4. The molecule has 0 saturated heterocycles. The predicted molar refractivity (Wildman–Crippen MR) is 69.6 cm³/mol. The lowest BCUT2D eigenvalue weighted by Crippen LogP contribution is -2.18. The van der Waals surface area contributed by atoms with Crippen molar-refractivity contribution in [3.05, 3.63) is 28.3 Å². The molecule has 1 aliphatic carbocycles. The summed E-state index contributed by atoms with van der Waals surface area (Å²) in [7, 11) is 1.69. The Morgan fingerprint density at radius 1 is 1.50 bits per heavy atom. The number of nitrogen functional groups attached to an aromatic ring is 1. The van der Waals surface area contributed by atoms with Crippen LogP contribution in [0.4, 0.5) is 17.1 Å². The van der Waals surface area contributed by atoms with E-state index in [4.69, 9.17) is 10.5 Å². The van der Waals surface area contributed by atoms with Crippen molar-refractivity contribution in [3.63, 3.8) is 0 Å². The molecule has 6 nitrogen and oxygen atoms in total. The van der Waals surface area contributed by atoms with Gasteiger partial charge in [0, 0.05) is 13.2 Å². The Morgan fingerprint density at radius 2 is 2.28 bits per heavy atom. The van der Waals surface area contributed by atoms with Gasteiger partial charge in [0.15, 0.2) is 0 Å². The summed E-state index contributed by atoms with van der Waals surface area (Å²) in [6.45, 7) is 0. The minimum Gasteiger partial charge on any atom is -0.393 e. The van der Waals surface area contributed by atoms with E-state index in [9.17, 15) is 10.1 Å². The Kier molecular flexibility index (Phi) is 3.66. The molecular weight excluding hydrogens is 234 g/mol. The van der Waals surface area contributed by atoms with Crippen molar-refractivity contribution in [2.45, 2.75) is 31.4 Å². The molecule has 0 amide bonds. The molecule has 0 radical (unpaired) electrons. The summed E-state index contributed by atoms with van der Waals surface area (Å²) < 4.78 is 5.28. The lowest BCUT2D eigenvalue weighted by molar-refractivity contribution is -0.383. The zero-order valence-corrected chi connectivity index (χ0v) is 10.3. The molecule has 98 valence electrons. The van der Waals surface area contributed by atoms with Crippen molar-refractivity contribution in [1.82, 2.24) is 0 Å². The number of para-hydroxylation sites is 1. The van der Waals surface area contributed by atoms with E-state index in [2.05, 4.69) is 5.32 Å². The molecule has 1 fully saturated rings. The van der Waals surface area contributed by atoms with Crippen molar-refractivity contribution in [2.75, 3.05) is 18.2 Å². The maximum atomic E-state index is 11.0. The number of methoxy groups -OCH3 is 1. The standard InChI is InChI=1S/C12H17N3O3/c1-18-9-6-5-8(7-9)14-11-4-2-3-10(13)12(11)15(16)17/h2-4,8-9,14H,5-7,13H2,1H3. The molecule has 2 unspecified atom stereocenters. The van der Waals surface area contributed by atoms with E-state index in [0.29, 0.717) is 5.69 Å². The quantitative estimate of drug-likeness (QED) is 0.486. The molecule has 1 aliphatic rings. The van der Waals surface area contributed by atoms with Crippen LogP contribution in [0.25, 0.3) is 0 Å². The van der Waals surface area contributed by atoms with Crippen LogP contribution in [0.15, 0.2) is 18.2 Å². The van der Waals surface area contributed by atoms with E-state index >= 15 is 0 Å². The topological polar surface area (TPSA) is 90.4 Å². The van der Waals surface area contributed by atoms with Gasteiger partial charge in [0.2, 0.25) is 0 Å². The average molecular weight is 251 g/mol. The molecule has 2 atom stereocenters. The second-order valence-corrected chi connectivity index (χ2v) is 4.51. The van der Waals surface area contributed by atoms with Crippen LogP contribution in [0.3, 0.4) is 0 Å². The van der Waals surface area contributed by atoms with Crippen LogP contribution in [0.5, 0.6) is 0 Å². The number of nitro groups is 1. The second-order valence-electron chi connectivity index (χ2n) is 4.51. The van der Waals surface area contributed by atoms with Gasteiger partial charge < -0.3 is 15.8 Å². The highest BCUT2D eigenvalue weighted by atomic mass is 16.6. The van der Waals surface area contributed by atoms with Gasteiger partial charge in [-0.2, -0.15) is 0 Å². The van der Waals surface area contributed by atoms with Crippen LogP contribution in [0.2, 0.25) is 0 Å². The number of hydrogen-bond acceptors (Lipinski definition) is 5. The van der Waals surface area contributed by atoms with E-state index in [-0.39, 0.29) is 23.5 Å². The molecule has 0 bridgehead atoms. The fourth-order valence-electron chi connectivity index (χ4n) is 2.39. The first-order valence-corrected chi connectivity index (χ1v) is 5.94. The zero-order chi connectivity index (χ0) is 13.1. The first-order chi connectivity index (χ1) is 8.61. The van der Waals surface area contributed by atoms with Gasteiger partial charge in [-0.05, 0) is 31.4 Å². The Bertz CT molecular complexity index is 450. The molecule has 6 heteroatoms. The van der Waals surface area contributed by atoms with Crippen LogP contribution in [-0.2, 0) is 4.74 Å². The number of anilines is 2. The summed E-state index contributed by atoms with van der Waals surface area (Å²) in [6.07, 6.45) is 3.03. The molecular formula is C12H17N3O3. The molecule has 1 saturated carbocycles. The van der Waals surface area contributed by atoms with Gasteiger partial charge in [-0.1, -0.05) is 6.07 Å². The lowest BCUT2D eigenvalue weighted by atomic mass is 10.2. The maximum Gasteiger partial charge on any atom is 0.314 e. The average Bonchev–Trinajstić information content (AvgIpc) is 2.76. The van der Waals surface area contributed by atoms with Gasteiger partial charge >= 0.3 is 5.69 Å². The summed E-state index contributed by atoms with van der Waals surface area (Å²) >= 11 is 0. The molecule has 18 heavy (non-hydrogen) atoms. The molecule has 0 heterocycles. The third-order valence-electron chi connectivity index (χ3n) is 3.33. The van der Waals surface area contributed by atoms with E-state index in [1.807, 2.05) is 0 Å². The van der Waals surface area contributed by atoms with Gasteiger partial charge in [-0.15, -0.1) is 0 Å². The van der Waals surface area contributed by atoms with E-state index in [1.54, 1.807) is 19.2 Å². The van der Waals surface area contributed by atoms with Crippen LogP contribution in [0.1, 0.15) is 19.3 Å². The number of ether oxygens (including phenoxy) is 1. The highest BCUT2D eigenvalue weighted by Crippen LogP contribution is 2.33. The minimum absolute atomic E-state index is 0.0432. The first kappa shape index (κ1) is 12.6. The van der Waals surface area contributed by atoms with Crippen molar-refractivity contribution in [3.8, 4) is 0 Å². The number of hydrogen-bond donors (Lipinski definition) is 2. The van der Waals surface area contributed by atoms with E-state index < -0.39 is 4.92 Å². The van der Waals surface area contributed by atoms with Gasteiger partial charge in [0.1, 0.15) is 11.4 Å². The molecule has 2 rings (SSSR count). The van der Waals surface area contributed by atoms with Crippen LogP contribution < -0.4 is 11.1 Å². The van der Waals surface area contributed by atoms with Gasteiger partial charge in [0.05, 0.1) is 11.0 Å². The Morgan fingerprint density at radius 3 is 2.89 bits per heavy atom. The maximum absolute atomic E-state index is 11.0. The fraction of sp³-hybridized carbons (Fsp3) is 0.500. The minimum atomic E-state index is -0.444. The monoisotopic (exact) mass is 251 g/mol. The van der Waals surface area contributed by atoms with Crippen molar-refractivity contribution in [1.29, 1.82) is 0 Å². The largest absolute Gasteiger partial charge is 0.393 e. The van der Waals surface area contributed by atoms with Crippen molar-refractivity contribution < 1.29 is 9.66 Å². The lowest BCUT2D eigenvalue weighted by Gasteiger charge is -2.14. The Hall–Kier alpha value is -1.82. The van der Waals surface area contributed by atoms with Gasteiger partial charge in [-0.3, -0.25) is 10.1 Å². The van der Waals surface area contributed by atoms with Gasteiger partial charge in [-0.25, -0.2) is 0 Å². The summed E-state index contributed by atoms with van der Waals surface area (Å²) in [5.74, 6) is 0. The summed E-state index contributed by atoms with van der Waals surface area (Å²) in [4.78, 5) is 10.6. The molecule has 1 aromatic rings. The van der Waals surface area contributed by atoms with Crippen LogP contribution in [0, 0.1) is 10.1 Å². The number of benzene rings is 1. The molecule has 0 aromatic heterocycles. The number of nitrogens with two attached hydrogens (primary N) is 1. The predicted octanol–water partition coefficient (Wildman–Crippen LogP) is 2.16. The van der Waals surface area contributed by atoms with Crippen LogP contribution in [-0.4, -0.2) is 24.2 Å². The Balaban J connectivity index is 2.15. The number of nitrogens with zero attached hydrogens (tertiary/aromatic N) is 1. The molecule has 1 aromatic carbocycles. The molecule has 0 aliphatic heterocycles. The van der Waals surface area contributed by atoms with E-state index in [0.717, 1.165) is 19.3 Å². The first-order valence-electron chi connectivity index (χ1n) is 5.94. The summed E-state index contributed by atoms with van der Waals surface area (Å²) in [5, 5.41) is 14.2. The Labute approximate surface area is 105 Å². The third kappa shape index (κ3) is 2.53. The number of nitrogens with one attached hydrogen (secondary N) is 1. The van der Waals surface area contributed by atoms with E-state index in [1.165, 1.54) is 6.07 Å². The third-order valence-corrected chi connectivity index (χ3v) is 3.33. The molecule has 3 N–H and O–H groups in total. The van der Waals surface area contributed by atoms with Gasteiger partial charge in [0.25, 0.3) is 0 Å². The van der Waals surface area contributed by atoms with Crippen LogP contribution >= 0.6 is 0 Å². The number of nitro benzene ring substituents is 1. The fourth-order valence-corrected chi connectivity index (χ4v) is 2.39. The summed E-state index contributed by atoms with van der Waals surface area (Å²) in [5.41, 5.74) is 6.27. The highest BCUT2D eigenvalue weighted by molar-refractivity contribution is 5.74. The normalized spacial score (nSPS) is 22.9.